The van der Waals surface area contributed by atoms with E-state index in [0.717, 1.165) is 25.8 Å². The fraction of sp³-hybridized carbons (Fsp3) is 0.231. The van der Waals surface area contributed by atoms with Crippen LogP contribution in [0.15, 0.2) is 28.9 Å². The zero-order chi connectivity index (χ0) is 13.6. The van der Waals surface area contributed by atoms with E-state index < -0.39 is 6.04 Å². The van der Waals surface area contributed by atoms with Gasteiger partial charge >= 0.3 is 6.03 Å². The number of carbonyl (C=O) groups is 2. The predicted octanol–water partition coefficient (Wildman–Crippen LogP) is 2.02. The molecule has 0 bridgehead atoms. The fourth-order valence-electron chi connectivity index (χ4n) is 2.33. The molecule has 0 radical (unpaired) electrons. The molecule has 1 aromatic heterocycles. The Morgan fingerprint density at radius 2 is 2.16 bits per heavy atom. The Kier molecular flexibility index (Phi) is 2.82. The smallest absolute Gasteiger partial charge is 0.324 e. The first-order valence-corrected chi connectivity index (χ1v) is 6.69. The van der Waals surface area contributed by atoms with Crippen molar-refractivity contribution in [1.29, 1.82) is 0 Å². The number of amides is 3. The fourth-order valence-corrected chi connectivity index (χ4v) is 2.69. The number of hydrogen-bond donors (Lipinski definition) is 2. The van der Waals surface area contributed by atoms with Gasteiger partial charge in [-0.25, -0.2) is 4.79 Å². The Hall–Kier alpha value is -1.82. The molecule has 0 saturated carbocycles. The van der Waals surface area contributed by atoms with Gasteiger partial charge in [0.1, 0.15) is 6.04 Å². The molecule has 2 aromatic rings. The minimum Gasteiger partial charge on any atom is -0.361 e. The zero-order valence-electron chi connectivity index (χ0n) is 10.2. The average molecular weight is 322 g/mol. The first kappa shape index (κ1) is 12.2. The number of aromatic nitrogens is 1. The van der Waals surface area contributed by atoms with Crippen LogP contribution in [0.2, 0.25) is 0 Å². The Morgan fingerprint density at radius 3 is 2.84 bits per heavy atom. The van der Waals surface area contributed by atoms with Crippen molar-refractivity contribution in [1.82, 2.24) is 15.2 Å². The molecule has 5 nitrogen and oxygen atoms in total. The number of urea groups is 1. The Balaban J connectivity index is 1.90. The summed E-state index contributed by atoms with van der Waals surface area (Å²) in [4.78, 5) is 27.6. The molecule has 3 amide bonds. The number of carbonyl (C=O) groups excluding carboxylic acids is 2. The number of halogens is 1. The summed E-state index contributed by atoms with van der Waals surface area (Å²) in [6, 6.07) is 5.13. The van der Waals surface area contributed by atoms with Crippen LogP contribution in [0.1, 0.15) is 5.56 Å². The summed E-state index contributed by atoms with van der Waals surface area (Å²) in [5.41, 5.74) is 2.03. The van der Waals surface area contributed by atoms with Crippen LogP contribution in [0, 0.1) is 0 Å². The summed E-state index contributed by atoms with van der Waals surface area (Å²) in [6.45, 7) is 0. The first-order chi connectivity index (χ1) is 9.06. The third-order valence-corrected chi connectivity index (χ3v) is 3.88. The highest BCUT2D eigenvalue weighted by Crippen LogP contribution is 2.24. The number of likely N-dealkylation sites (N-methyl/N-ethyl adjacent to an activating group) is 1. The van der Waals surface area contributed by atoms with Crippen LogP contribution in [-0.2, 0) is 11.2 Å². The number of H-pyrrole nitrogens is 1. The first-order valence-electron chi connectivity index (χ1n) is 5.90. The Bertz CT molecular complexity index is 680. The monoisotopic (exact) mass is 321 g/mol. The van der Waals surface area contributed by atoms with Crippen LogP contribution in [-0.4, -0.2) is 34.9 Å². The third kappa shape index (κ3) is 2.02. The molecule has 19 heavy (non-hydrogen) atoms. The van der Waals surface area contributed by atoms with E-state index in [1.54, 1.807) is 0 Å². The van der Waals surface area contributed by atoms with Crippen LogP contribution < -0.4 is 5.32 Å². The molecule has 1 unspecified atom stereocenters. The summed E-state index contributed by atoms with van der Waals surface area (Å²) >= 11 is 3.42. The summed E-state index contributed by atoms with van der Waals surface area (Å²) in [5, 5.41) is 3.75. The highest BCUT2D eigenvalue weighted by Gasteiger charge is 2.35. The maximum absolute atomic E-state index is 11.9. The van der Waals surface area contributed by atoms with E-state index in [1.165, 1.54) is 7.05 Å². The van der Waals surface area contributed by atoms with Crippen molar-refractivity contribution >= 4 is 38.8 Å². The summed E-state index contributed by atoms with van der Waals surface area (Å²) in [7, 11) is 1.49. The van der Waals surface area contributed by atoms with E-state index in [9.17, 15) is 9.59 Å². The highest BCUT2D eigenvalue weighted by molar-refractivity contribution is 9.10. The molecule has 1 aliphatic rings. The van der Waals surface area contributed by atoms with Crippen molar-refractivity contribution in [3.8, 4) is 0 Å². The van der Waals surface area contributed by atoms with Gasteiger partial charge in [0.15, 0.2) is 0 Å². The molecule has 0 aliphatic carbocycles. The molecule has 0 spiro atoms. The molecule has 2 heterocycles. The van der Waals surface area contributed by atoms with E-state index in [4.69, 9.17) is 0 Å². The van der Waals surface area contributed by atoms with Crippen LogP contribution in [0.5, 0.6) is 0 Å². The second-order valence-corrected chi connectivity index (χ2v) is 5.52. The van der Waals surface area contributed by atoms with Crippen molar-refractivity contribution in [2.75, 3.05) is 7.05 Å². The van der Waals surface area contributed by atoms with Gasteiger partial charge in [-0.05, 0) is 17.7 Å². The molecule has 1 atom stereocenters. The molecule has 2 N–H and O–H groups in total. The number of hydrogen-bond acceptors (Lipinski definition) is 2. The van der Waals surface area contributed by atoms with Crippen molar-refractivity contribution in [2.45, 2.75) is 12.5 Å². The number of nitrogens with one attached hydrogen (secondary N) is 2. The van der Waals surface area contributed by atoms with Gasteiger partial charge in [0.2, 0.25) is 0 Å². The molecule has 98 valence electrons. The van der Waals surface area contributed by atoms with Gasteiger partial charge in [-0.2, -0.15) is 0 Å². The second-order valence-electron chi connectivity index (χ2n) is 4.61. The zero-order valence-corrected chi connectivity index (χ0v) is 11.8. The maximum Gasteiger partial charge on any atom is 0.324 e. The Morgan fingerprint density at radius 1 is 1.37 bits per heavy atom. The molecular weight excluding hydrogens is 310 g/mol. The Labute approximate surface area is 118 Å². The van der Waals surface area contributed by atoms with Gasteiger partial charge < -0.3 is 10.3 Å². The maximum atomic E-state index is 11.9. The second kappa shape index (κ2) is 4.38. The van der Waals surface area contributed by atoms with E-state index >= 15 is 0 Å². The van der Waals surface area contributed by atoms with E-state index in [2.05, 4.69) is 26.2 Å². The van der Waals surface area contributed by atoms with Crippen molar-refractivity contribution in [2.24, 2.45) is 0 Å². The lowest BCUT2D eigenvalue weighted by atomic mass is 10.1. The molecule has 3 rings (SSSR count). The normalized spacial score (nSPS) is 19.3. The quantitative estimate of drug-likeness (QED) is 0.831. The minimum absolute atomic E-state index is 0.184. The molecular formula is C13H12BrN3O2. The largest absolute Gasteiger partial charge is 0.361 e. The average Bonchev–Trinajstić information content (AvgIpc) is 2.87. The number of imide groups is 1. The van der Waals surface area contributed by atoms with E-state index in [1.807, 2.05) is 24.4 Å². The topological polar surface area (TPSA) is 65.2 Å². The van der Waals surface area contributed by atoms with Crippen LogP contribution >= 0.6 is 15.9 Å². The number of nitrogens with zero attached hydrogens (tertiary/aromatic N) is 1. The van der Waals surface area contributed by atoms with Crippen LogP contribution in [0.4, 0.5) is 4.79 Å². The van der Waals surface area contributed by atoms with Crippen LogP contribution in [0.3, 0.4) is 0 Å². The van der Waals surface area contributed by atoms with Crippen molar-refractivity contribution in [3.63, 3.8) is 0 Å². The molecule has 1 aromatic carbocycles. The number of fused-ring (bicyclic) bond motifs is 1. The van der Waals surface area contributed by atoms with Gasteiger partial charge in [-0.15, -0.1) is 0 Å². The van der Waals surface area contributed by atoms with Gasteiger partial charge in [0.25, 0.3) is 5.91 Å². The molecule has 1 aliphatic heterocycles. The minimum atomic E-state index is -0.472. The van der Waals surface area contributed by atoms with Crippen molar-refractivity contribution < 1.29 is 9.59 Å². The summed E-state index contributed by atoms with van der Waals surface area (Å²) in [5.74, 6) is -0.184. The van der Waals surface area contributed by atoms with Gasteiger partial charge in [-0.3, -0.25) is 9.69 Å². The SMILES string of the molecule is CN1C(=O)NC(Cc2c[nH]c3cc(Br)ccc23)C1=O. The number of rotatable bonds is 2. The highest BCUT2D eigenvalue weighted by atomic mass is 79.9. The van der Waals surface area contributed by atoms with E-state index in [-0.39, 0.29) is 11.9 Å². The molecule has 1 fully saturated rings. The summed E-state index contributed by atoms with van der Waals surface area (Å²) in [6.07, 6.45) is 2.38. The summed E-state index contributed by atoms with van der Waals surface area (Å²) < 4.78 is 0.998. The standard InChI is InChI=1S/C13H12BrN3O2/c1-17-12(18)11(16-13(17)19)4-7-6-15-10-5-8(14)2-3-9(7)10/h2-3,5-6,11,15H,4H2,1H3,(H,16,19). The number of benzene rings is 1. The van der Waals surface area contributed by atoms with Gasteiger partial charge in [0, 0.05) is 35.0 Å². The number of aromatic amines is 1. The van der Waals surface area contributed by atoms with Crippen LogP contribution in [0.25, 0.3) is 10.9 Å². The van der Waals surface area contributed by atoms with Gasteiger partial charge in [0.05, 0.1) is 0 Å². The lowest BCUT2D eigenvalue weighted by Gasteiger charge is -2.07. The predicted molar refractivity (Wildman–Crippen MR) is 74.8 cm³/mol. The van der Waals surface area contributed by atoms with E-state index in [0.29, 0.717) is 6.42 Å². The van der Waals surface area contributed by atoms with Gasteiger partial charge in [-0.1, -0.05) is 22.0 Å². The third-order valence-electron chi connectivity index (χ3n) is 3.38. The molecule has 1 saturated heterocycles. The lowest BCUT2D eigenvalue weighted by Crippen LogP contribution is -2.31. The van der Waals surface area contributed by atoms with Crippen molar-refractivity contribution in [3.05, 3.63) is 34.4 Å². The molecule has 6 heteroatoms. The lowest BCUT2D eigenvalue weighted by molar-refractivity contribution is -0.126.